The molecule has 7 nitrogen and oxygen atoms in total. The first-order chi connectivity index (χ1) is 9.58. The molecule has 0 aliphatic heterocycles. The molecule has 0 aliphatic rings. The molecule has 2 heterocycles. The SMILES string of the molecule is CN(C)CCn1ncc(NCc2ccon2)c(Br)c1=O. The molecule has 0 saturated heterocycles. The molecule has 0 bridgehead atoms. The van der Waals surface area contributed by atoms with Gasteiger partial charge in [-0.1, -0.05) is 5.16 Å². The largest absolute Gasteiger partial charge is 0.377 e. The Kier molecular flexibility index (Phi) is 4.91. The van der Waals surface area contributed by atoms with Crippen LogP contribution in [0.4, 0.5) is 5.69 Å². The number of hydrogen-bond acceptors (Lipinski definition) is 6. The van der Waals surface area contributed by atoms with Gasteiger partial charge in [0, 0.05) is 12.6 Å². The van der Waals surface area contributed by atoms with Crippen molar-refractivity contribution in [2.24, 2.45) is 0 Å². The Morgan fingerprint density at radius 2 is 2.30 bits per heavy atom. The van der Waals surface area contributed by atoms with Crippen LogP contribution >= 0.6 is 15.9 Å². The predicted octanol–water partition coefficient (Wildman–Crippen LogP) is 1.17. The predicted molar refractivity (Wildman–Crippen MR) is 78.6 cm³/mol. The maximum Gasteiger partial charge on any atom is 0.283 e. The van der Waals surface area contributed by atoms with Crippen molar-refractivity contribution < 1.29 is 4.52 Å². The summed E-state index contributed by atoms with van der Waals surface area (Å²) < 4.78 is 6.65. The Bertz CT molecular complexity index is 609. The van der Waals surface area contributed by atoms with Crippen LogP contribution in [-0.4, -0.2) is 40.5 Å². The van der Waals surface area contributed by atoms with Gasteiger partial charge in [0.15, 0.2) is 0 Å². The van der Waals surface area contributed by atoms with E-state index >= 15 is 0 Å². The molecule has 2 aromatic heterocycles. The van der Waals surface area contributed by atoms with Gasteiger partial charge in [0.05, 0.1) is 25.0 Å². The molecule has 0 atom stereocenters. The van der Waals surface area contributed by atoms with Crippen LogP contribution in [0.15, 0.2) is 32.3 Å². The highest BCUT2D eigenvalue weighted by Gasteiger charge is 2.09. The van der Waals surface area contributed by atoms with E-state index < -0.39 is 0 Å². The molecule has 0 fully saturated rings. The molecule has 0 saturated carbocycles. The minimum atomic E-state index is -0.156. The zero-order chi connectivity index (χ0) is 14.5. The van der Waals surface area contributed by atoms with Gasteiger partial charge >= 0.3 is 0 Å². The number of anilines is 1. The molecule has 8 heteroatoms. The monoisotopic (exact) mass is 341 g/mol. The topological polar surface area (TPSA) is 76.2 Å². The fourth-order valence-electron chi connectivity index (χ4n) is 1.56. The highest BCUT2D eigenvalue weighted by atomic mass is 79.9. The molecular formula is C12H16BrN5O2. The summed E-state index contributed by atoms with van der Waals surface area (Å²) in [5.74, 6) is 0. The second kappa shape index (κ2) is 6.67. The molecule has 2 aromatic rings. The number of nitrogens with one attached hydrogen (secondary N) is 1. The highest BCUT2D eigenvalue weighted by molar-refractivity contribution is 9.10. The summed E-state index contributed by atoms with van der Waals surface area (Å²) in [4.78, 5) is 14.1. The lowest BCUT2D eigenvalue weighted by atomic mass is 10.4. The number of rotatable bonds is 6. The first kappa shape index (κ1) is 14.7. The van der Waals surface area contributed by atoms with E-state index in [1.807, 2.05) is 19.0 Å². The maximum atomic E-state index is 12.1. The first-order valence-corrected chi connectivity index (χ1v) is 6.90. The van der Waals surface area contributed by atoms with Crippen molar-refractivity contribution in [1.82, 2.24) is 19.8 Å². The third-order valence-corrected chi connectivity index (χ3v) is 3.46. The van der Waals surface area contributed by atoms with Crippen molar-refractivity contribution >= 4 is 21.6 Å². The van der Waals surface area contributed by atoms with Gasteiger partial charge in [0.25, 0.3) is 5.56 Å². The third-order valence-electron chi connectivity index (χ3n) is 2.70. The molecule has 0 amide bonds. The molecule has 1 N–H and O–H groups in total. The van der Waals surface area contributed by atoms with Gasteiger partial charge in [0.1, 0.15) is 16.4 Å². The number of likely N-dealkylation sites (N-methyl/N-ethyl adjacent to an activating group) is 1. The summed E-state index contributed by atoms with van der Waals surface area (Å²) in [6.07, 6.45) is 3.13. The third kappa shape index (κ3) is 3.67. The Balaban J connectivity index is 2.08. The smallest absolute Gasteiger partial charge is 0.283 e. The quantitative estimate of drug-likeness (QED) is 0.849. The Morgan fingerprint density at radius 3 is 2.95 bits per heavy atom. The van der Waals surface area contributed by atoms with Gasteiger partial charge in [-0.15, -0.1) is 0 Å². The number of aromatic nitrogens is 3. The molecule has 2 rings (SSSR count). The Labute approximate surface area is 124 Å². The number of nitrogens with zero attached hydrogens (tertiary/aromatic N) is 4. The van der Waals surface area contributed by atoms with Crippen LogP contribution in [0.3, 0.4) is 0 Å². The Hall–Kier alpha value is -1.67. The average Bonchev–Trinajstić information content (AvgIpc) is 2.92. The first-order valence-electron chi connectivity index (χ1n) is 6.11. The fraction of sp³-hybridized carbons (Fsp3) is 0.417. The van der Waals surface area contributed by atoms with Gasteiger partial charge in [-0.2, -0.15) is 5.10 Å². The highest BCUT2D eigenvalue weighted by Crippen LogP contribution is 2.16. The zero-order valence-corrected chi connectivity index (χ0v) is 12.9. The summed E-state index contributed by atoms with van der Waals surface area (Å²) in [5, 5.41) is 11.0. The molecule has 0 aromatic carbocycles. The Morgan fingerprint density at radius 1 is 1.50 bits per heavy atom. The summed E-state index contributed by atoms with van der Waals surface area (Å²) in [5.41, 5.74) is 1.24. The summed E-state index contributed by atoms with van der Waals surface area (Å²) in [6, 6.07) is 1.76. The second-order valence-corrected chi connectivity index (χ2v) is 5.34. The van der Waals surface area contributed by atoms with Crippen LogP contribution in [0, 0.1) is 0 Å². The fourth-order valence-corrected chi connectivity index (χ4v) is 2.00. The zero-order valence-electron chi connectivity index (χ0n) is 11.3. The van der Waals surface area contributed by atoms with Crippen LogP contribution in [-0.2, 0) is 13.1 Å². The summed E-state index contributed by atoms with van der Waals surface area (Å²) in [7, 11) is 3.90. The molecule has 0 aliphatic carbocycles. The second-order valence-electron chi connectivity index (χ2n) is 4.55. The van der Waals surface area contributed by atoms with Crippen molar-refractivity contribution in [2.75, 3.05) is 26.0 Å². The van der Waals surface area contributed by atoms with Crippen molar-refractivity contribution in [3.63, 3.8) is 0 Å². The van der Waals surface area contributed by atoms with Gasteiger partial charge < -0.3 is 14.7 Å². The average molecular weight is 342 g/mol. The van der Waals surface area contributed by atoms with Crippen molar-refractivity contribution in [3.05, 3.63) is 39.0 Å². The van der Waals surface area contributed by atoms with Crippen LogP contribution in [0.25, 0.3) is 0 Å². The molecule has 108 valence electrons. The van der Waals surface area contributed by atoms with Crippen molar-refractivity contribution in [1.29, 1.82) is 0 Å². The van der Waals surface area contributed by atoms with Crippen molar-refractivity contribution in [2.45, 2.75) is 13.1 Å². The van der Waals surface area contributed by atoms with E-state index in [0.717, 1.165) is 12.2 Å². The van der Waals surface area contributed by atoms with E-state index in [4.69, 9.17) is 4.52 Å². The van der Waals surface area contributed by atoms with Crippen LogP contribution < -0.4 is 10.9 Å². The van der Waals surface area contributed by atoms with E-state index in [9.17, 15) is 4.79 Å². The molecule has 0 unspecified atom stereocenters. The summed E-state index contributed by atoms with van der Waals surface area (Å²) >= 11 is 3.31. The lowest BCUT2D eigenvalue weighted by molar-refractivity contribution is 0.367. The molecular weight excluding hydrogens is 326 g/mol. The van der Waals surface area contributed by atoms with Crippen LogP contribution in [0.2, 0.25) is 0 Å². The van der Waals surface area contributed by atoms with E-state index in [1.165, 1.54) is 10.9 Å². The van der Waals surface area contributed by atoms with E-state index in [1.54, 1.807) is 12.3 Å². The molecule has 20 heavy (non-hydrogen) atoms. The van der Waals surface area contributed by atoms with Crippen molar-refractivity contribution in [3.8, 4) is 0 Å². The van der Waals surface area contributed by atoms with Gasteiger partial charge in [-0.05, 0) is 30.0 Å². The minimum absolute atomic E-state index is 0.156. The number of halogens is 1. The standard InChI is InChI=1S/C12H16BrN5O2/c1-17(2)4-5-18-12(19)11(13)10(8-15-18)14-7-9-3-6-20-16-9/h3,6,8,14H,4-5,7H2,1-2H3. The van der Waals surface area contributed by atoms with Gasteiger partial charge in [0.2, 0.25) is 0 Å². The summed E-state index contributed by atoms with van der Waals surface area (Å²) in [6.45, 7) is 1.77. The lowest BCUT2D eigenvalue weighted by Gasteiger charge is -2.12. The normalized spacial score (nSPS) is 11.0. The lowest BCUT2D eigenvalue weighted by Crippen LogP contribution is -2.29. The van der Waals surface area contributed by atoms with Gasteiger partial charge in [-0.25, -0.2) is 4.68 Å². The van der Waals surface area contributed by atoms with Gasteiger partial charge in [-0.3, -0.25) is 4.79 Å². The van der Waals surface area contributed by atoms with Crippen LogP contribution in [0.1, 0.15) is 5.69 Å². The minimum Gasteiger partial charge on any atom is -0.377 e. The van der Waals surface area contributed by atoms with E-state index in [-0.39, 0.29) is 5.56 Å². The maximum absolute atomic E-state index is 12.1. The van der Waals surface area contributed by atoms with E-state index in [0.29, 0.717) is 23.2 Å². The van der Waals surface area contributed by atoms with E-state index in [2.05, 4.69) is 31.5 Å². The van der Waals surface area contributed by atoms with Crippen LogP contribution in [0.5, 0.6) is 0 Å². The molecule has 0 radical (unpaired) electrons. The number of hydrogen-bond donors (Lipinski definition) is 1. The molecule has 0 spiro atoms.